The number of rotatable bonds is 2. The molecule has 0 aliphatic carbocycles. The fourth-order valence-corrected chi connectivity index (χ4v) is 4.42. The monoisotopic (exact) mass is 456 g/mol. The molecule has 0 saturated carbocycles. The Kier molecular flexibility index (Phi) is 6.58. The van der Waals surface area contributed by atoms with Crippen LogP contribution < -0.4 is 5.32 Å². The number of carbonyl (C=O) groups is 3. The van der Waals surface area contributed by atoms with E-state index < -0.39 is 12.1 Å². The van der Waals surface area contributed by atoms with Gasteiger partial charge in [-0.2, -0.15) is 13.2 Å². The maximum atomic E-state index is 12.5. The number of carboxylic acids is 1. The summed E-state index contributed by atoms with van der Waals surface area (Å²) in [4.78, 5) is 43.5. The molecule has 2 aromatic rings. The van der Waals surface area contributed by atoms with E-state index in [1.165, 1.54) is 11.3 Å². The smallest absolute Gasteiger partial charge is 0.475 e. The van der Waals surface area contributed by atoms with Crippen molar-refractivity contribution in [2.75, 3.05) is 13.1 Å². The molecule has 4 heterocycles. The summed E-state index contributed by atoms with van der Waals surface area (Å²) in [6.45, 7) is 1.27. The van der Waals surface area contributed by atoms with Gasteiger partial charge in [0, 0.05) is 43.2 Å². The van der Waals surface area contributed by atoms with Crippen LogP contribution in [0, 0.1) is 0 Å². The molecule has 2 saturated heterocycles. The van der Waals surface area contributed by atoms with Crippen molar-refractivity contribution < 1.29 is 32.7 Å². The second kappa shape index (κ2) is 9.00. The van der Waals surface area contributed by atoms with Crippen molar-refractivity contribution in [3.63, 3.8) is 0 Å². The summed E-state index contributed by atoms with van der Waals surface area (Å²) in [5, 5.41) is 12.1. The molecule has 2 amide bonds. The van der Waals surface area contributed by atoms with E-state index in [0.717, 1.165) is 18.4 Å². The third-order valence-corrected chi connectivity index (χ3v) is 5.98. The zero-order valence-corrected chi connectivity index (χ0v) is 16.9. The number of carboxylic acid groups (broad SMARTS) is 1. The lowest BCUT2D eigenvalue weighted by atomic mass is 9.74. The van der Waals surface area contributed by atoms with Gasteiger partial charge < -0.3 is 15.3 Å². The van der Waals surface area contributed by atoms with Crippen molar-refractivity contribution >= 4 is 29.1 Å². The number of alkyl halides is 3. The predicted molar refractivity (Wildman–Crippen MR) is 103 cm³/mol. The van der Waals surface area contributed by atoms with Crippen LogP contribution >= 0.6 is 11.3 Å². The summed E-state index contributed by atoms with van der Waals surface area (Å²) in [6.07, 6.45) is 0.493. The van der Waals surface area contributed by atoms with E-state index in [1.54, 1.807) is 23.3 Å². The number of halogens is 3. The molecule has 0 aromatic carbocycles. The highest BCUT2D eigenvalue weighted by Gasteiger charge is 2.49. The number of pyridine rings is 1. The molecule has 0 bridgehead atoms. The Balaban J connectivity index is 0.000000339. The van der Waals surface area contributed by atoms with Crippen LogP contribution in [0.2, 0.25) is 0 Å². The average molecular weight is 456 g/mol. The molecule has 2 aliphatic heterocycles. The summed E-state index contributed by atoms with van der Waals surface area (Å²) >= 11 is 1.43. The molecule has 1 atom stereocenters. The van der Waals surface area contributed by atoms with Crippen LogP contribution in [0.5, 0.6) is 0 Å². The van der Waals surface area contributed by atoms with Crippen molar-refractivity contribution in [3.05, 3.63) is 46.7 Å². The van der Waals surface area contributed by atoms with Gasteiger partial charge in [0.1, 0.15) is 5.69 Å². The number of amides is 2. The molecule has 1 unspecified atom stereocenters. The number of aromatic nitrogens is 2. The van der Waals surface area contributed by atoms with E-state index in [9.17, 15) is 22.8 Å². The number of thiazole rings is 1. The Labute approximate surface area is 179 Å². The predicted octanol–water partition coefficient (Wildman–Crippen LogP) is 2.45. The Bertz CT molecular complexity index is 929. The summed E-state index contributed by atoms with van der Waals surface area (Å²) < 4.78 is 31.7. The van der Waals surface area contributed by atoms with Gasteiger partial charge in [-0.1, -0.05) is 0 Å². The molecular formula is C19H19F3N4O4S. The number of hydrogen-bond donors (Lipinski definition) is 2. The first-order chi connectivity index (χ1) is 14.6. The van der Waals surface area contributed by atoms with Crippen LogP contribution in [0.4, 0.5) is 13.2 Å². The van der Waals surface area contributed by atoms with Crippen LogP contribution in [-0.4, -0.2) is 62.6 Å². The third kappa shape index (κ3) is 5.19. The molecule has 0 radical (unpaired) electrons. The molecule has 2 N–H and O–H groups in total. The normalized spacial score (nSPS) is 20.0. The summed E-state index contributed by atoms with van der Waals surface area (Å²) in [6, 6.07) is 3.97. The molecule has 2 aliphatic rings. The standard InChI is InChI=1S/C17H18N4O2S.C2HF3O2/c22-15-9-13(12-1-5-18-6-2-12)17(20-15)3-7-21(8-4-17)16(23)14-10-24-11-19-14;3-2(4,5)1(6)7/h1-2,5-6,10-11,13H,3-4,7-9H2,(H,20,22);(H,6,7). The fourth-order valence-electron chi connectivity index (χ4n) is 3.89. The van der Waals surface area contributed by atoms with Gasteiger partial charge in [-0.05, 0) is 30.5 Å². The number of nitrogens with zero attached hydrogens (tertiary/aromatic N) is 3. The summed E-state index contributed by atoms with van der Waals surface area (Å²) in [7, 11) is 0. The highest BCUT2D eigenvalue weighted by atomic mass is 32.1. The molecule has 166 valence electrons. The molecule has 8 nitrogen and oxygen atoms in total. The highest BCUT2D eigenvalue weighted by Crippen LogP contribution is 2.43. The minimum Gasteiger partial charge on any atom is -0.475 e. The highest BCUT2D eigenvalue weighted by molar-refractivity contribution is 7.07. The zero-order valence-electron chi connectivity index (χ0n) is 16.1. The Morgan fingerprint density at radius 3 is 2.35 bits per heavy atom. The van der Waals surface area contributed by atoms with Crippen molar-refractivity contribution in [1.29, 1.82) is 0 Å². The lowest BCUT2D eigenvalue weighted by Crippen LogP contribution is -2.54. The maximum absolute atomic E-state index is 12.5. The Morgan fingerprint density at radius 1 is 1.23 bits per heavy atom. The van der Waals surface area contributed by atoms with E-state index in [1.807, 2.05) is 17.0 Å². The van der Waals surface area contributed by atoms with Crippen LogP contribution in [-0.2, 0) is 9.59 Å². The zero-order chi connectivity index (χ0) is 22.6. The van der Waals surface area contributed by atoms with E-state index in [4.69, 9.17) is 9.90 Å². The molecule has 2 aromatic heterocycles. The van der Waals surface area contributed by atoms with Gasteiger partial charge in [-0.25, -0.2) is 9.78 Å². The lowest BCUT2D eigenvalue weighted by molar-refractivity contribution is -0.192. The lowest BCUT2D eigenvalue weighted by Gasteiger charge is -2.42. The number of piperidine rings is 1. The van der Waals surface area contributed by atoms with Gasteiger partial charge >= 0.3 is 12.1 Å². The Morgan fingerprint density at radius 2 is 1.84 bits per heavy atom. The van der Waals surface area contributed by atoms with Crippen LogP contribution in [0.15, 0.2) is 35.4 Å². The van der Waals surface area contributed by atoms with E-state index in [2.05, 4.69) is 15.3 Å². The largest absolute Gasteiger partial charge is 0.490 e. The van der Waals surface area contributed by atoms with Gasteiger partial charge in [0.15, 0.2) is 0 Å². The van der Waals surface area contributed by atoms with Gasteiger partial charge in [-0.3, -0.25) is 14.6 Å². The fraction of sp³-hybridized carbons (Fsp3) is 0.421. The van der Waals surface area contributed by atoms with Gasteiger partial charge in [0.25, 0.3) is 5.91 Å². The minimum absolute atomic E-state index is 0.0177. The first-order valence-electron chi connectivity index (χ1n) is 9.31. The average Bonchev–Trinajstić information content (AvgIpc) is 3.37. The molecule has 1 spiro atoms. The maximum Gasteiger partial charge on any atom is 0.490 e. The first-order valence-corrected chi connectivity index (χ1v) is 10.3. The van der Waals surface area contributed by atoms with Crippen molar-refractivity contribution in [3.8, 4) is 0 Å². The van der Waals surface area contributed by atoms with Crippen LogP contribution in [0.25, 0.3) is 0 Å². The number of carbonyl (C=O) groups excluding carboxylic acids is 2. The number of hydrogen-bond acceptors (Lipinski definition) is 6. The molecule has 4 rings (SSSR count). The second-order valence-corrected chi connectivity index (χ2v) is 7.93. The molecule has 2 fully saturated rings. The van der Waals surface area contributed by atoms with E-state index in [0.29, 0.717) is 25.2 Å². The molecule has 31 heavy (non-hydrogen) atoms. The topological polar surface area (TPSA) is 112 Å². The van der Waals surface area contributed by atoms with Crippen molar-refractivity contribution in [2.24, 2.45) is 0 Å². The van der Waals surface area contributed by atoms with Gasteiger partial charge in [0.2, 0.25) is 5.91 Å². The van der Waals surface area contributed by atoms with Crippen LogP contribution in [0.3, 0.4) is 0 Å². The second-order valence-electron chi connectivity index (χ2n) is 7.21. The van der Waals surface area contributed by atoms with Gasteiger partial charge in [-0.15, -0.1) is 11.3 Å². The summed E-state index contributed by atoms with van der Waals surface area (Å²) in [5.41, 5.74) is 3.08. The van der Waals surface area contributed by atoms with Crippen LogP contribution in [0.1, 0.15) is 41.2 Å². The van der Waals surface area contributed by atoms with Gasteiger partial charge in [0.05, 0.1) is 11.0 Å². The quantitative estimate of drug-likeness (QED) is 0.718. The van der Waals surface area contributed by atoms with E-state index >= 15 is 0 Å². The Hall–Kier alpha value is -3.02. The third-order valence-electron chi connectivity index (χ3n) is 5.39. The molecule has 12 heteroatoms. The van der Waals surface area contributed by atoms with Crippen molar-refractivity contribution in [2.45, 2.75) is 36.9 Å². The number of likely N-dealkylation sites (tertiary alicyclic amines) is 1. The minimum atomic E-state index is -5.08. The summed E-state index contributed by atoms with van der Waals surface area (Å²) in [5.74, 6) is -2.54. The number of nitrogens with one attached hydrogen (secondary N) is 1. The SMILES string of the molecule is O=C(O)C(F)(F)F.O=C1CC(c2ccncc2)C2(CCN(C(=O)c3cscn3)CC2)N1. The van der Waals surface area contributed by atoms with E-state index in [-0.39, 0.29) is 23.3 Å². The number of aliphatic carboxylic acids is 1. The van der Waals surface area contributed by atoms with Crippen molar-refractivity contribution in [1.82, 2.24) is 20.2 Å². The first kappa shape index (κ1) is 22.7. The molecular weight excluding hydrogens is 437 g/mol.